The van der Waals surface area contributed by atoms with Crippen molar-refractivity contribution in [3.63, 3.8) is 0 Å². The summed E-state index contributed by atoms with van der Waals surface area (Å²) < 4.78 is 63.1. The normalized spacial score (nSPS) is 14.5. The van der Waals surface area contributed by atoms with Crippen LogP contribution < -0.4 is 10.1 Å². The molecule has 4 rings (SSSR count). The maximum absolute atomic E-state index is 13.9. The molecule has 2 heterocycles. The molecule has 1 fully saturated rings. The number of benzene rings is 2. The number of rotatable bonds is 4. The number of nitrogens with one attached hydrogen (secondary N) is 1. The number of hydrogen-bond donors (Lipinski definition) is 1. The van der Waals surface area contributed by atoms with Gasteiger partial charge in [0.2, 0.25) is 0 Å². The SMILES string of the molecule is CC(C)(C)OC(=O)NCc1cc2cc(-c3cccc(OC(=O)N4CCOCC4)c3)cc(C(F)(F)F)c2o1. The van der Waals surface area contributed by atoms with E-state index in [9.17, 15) is 22.8 Å². The molecule has 1 aliphatic heterocycles. The highest BCUT2D eigenvalue weighted by molar-refractivity contribution is 5.88. The number of furan rings is 1. The van der Waals surface area contributed by atoms with Crippen LogP contribution in [0.3, 0.4) is 0 Å². The summed E-state index contributed by atoms with van der Waals surface area (Å²) in [7, 11) is 0. The molecule has 8 nitrogen and oxygen atoms in total. The van der Waals surface area contributed by atoms with Crippen molar-refractivity contribution < 1.29 is 41.4 Å². The molecule has 0 aliphatic carbocycles. The lowest BCUT2D eigenvalue weighted by atomic mass is 10.00. The number of alkyl carbamates (subject to hydrolysis) is 1. The van der Waals surface area contributed by atoms with Crippen molar-refractivity contribution in [2.45, 2.75) is 39.1 Å². The topological polar surface area (TPSA) is 90.2 Å². The van der Waals surface area contributed by atoms with Gasteiger partial charge in [-0.2, -0.15) is 13.2 Å². The third-order valence-electron chi connectivity index (χ3n) is 5.42. The van der Waals surface area contributed by atoms with E-state index >= 15 is 0 Å². The summed E-state index contributed by atoms with van der Waals surface area (Å²) in [4.78, 5) is 25.8. The monoisotopic (exact) mass is 520 g/mol. The van der Waals surface area contributed by atoms with Crippen molar-refractivity contribution in [3.05, 3.63) is 53.8 Å². The zero-order valence-corrected chi connectivity index (χ0v) is 20.6. The number of amides is 2. The zero-order valence-electron chi connectivity index (χ0n) is 20.6. The Hall–Kier alpha value is -3.73. The van der Waals surface area contributed by atoms with Crippen LogP contribution in [0.25, 0.3) is 22.1 Å². The molecule has 11 heteroatoms. The van der Waals surface area contributed by atoms with Crippen LogP contribution in [-0.2, 0) is 22.2 Å². The Morgan fingerprint density at radius 1 is 1.03 bits per heavy atom. The van der Waals surface area contributed by atoms with E-state index in [1.807, 2.05) is 0 Å². The number of carbonyl (C=O) groups excluding carboxylic acids is 2. The van der Waals surface area contributed by atoms with Crippen molar-refractivity contribution >= 4 is 23.2 Å². The van der Waals surface area contributed by atoms with Crippen LogP contribution in [0.2, 0.25) is 0 Å². The van der Waals surface area contributed by atoms with E-state index < -0.39 is 29.5 Å². The molecule has 0 atom stereocenters. The number of halogens is 3. The van der Waals surface area contributed by atoms with Crippen LogP contribution in [0.5, 0.6) is 5.75 Å². The van der Waals surface area contributed by atoms with Gasteiger partial charge in [-0.15, -0.1) is 0 Å². The minimum Gasteiger partial charge on any atom is -0.459 e. The van der Waals surface area contributed by atoms with Gasteiger partial charge in [0, 0.05) is 18.5 Å². The predicted octanol–water partition coefficient (Wildman–Crippen LogP) is 5.97. The van der Waals surface area contributed by atoms with Gasteiger partial charge in [-0.3, -0.25) is 0 Å². The Labute approximate surface area is 211 Å². The lowest BCUT2D eigenvalue weighted by molar-refractivity contribution is -0.136. The first kappa shape index (κ1) is 26.3. The van der Waals surface area contributed by atoms with Gasteiger partial charge in [-0.1, -0.05) is 12.1 Å². The number of ether oxygens (including phenoxy) is 3. The van der Waals surface area contributed by atoms with Crippen LogP contribution in [0.1, 0.15) is 32.1 Å². The molecule has 3 aromatic rings. The Morgan fingerprint density at radius 3 is 2.43 bits per heavy atom. The number of hydrogen-bond acceptors (Lipinski definition) is 6. The molecule has 0 saturated carbocycles. The van der Waals surface area contributed by atoms with Crippen molar-refractivity contribution in [3.8, 4) is 16.9 Å². The van der Waals surface area contributed by atoms with Crippen LogP contribution in [0.15, 0.2) is 46.9 Å². The minimum absolute atomic E-state index is 0.136. The molecule has 1 saturated heterocycles. The molecule has 0 spiro atoms. The predicted molar refractivity (Wildman–Crippen MR) is 128 cm³/mol. The summed E-state index contributed by atoms with van der Waals surface area (Å²) in [5, 5.41) is 2.69. The summed E-state index contributed by atoms with van der Waals surface area (Å²) in [6.07, 6.45) is -5.96. The second-order valence-electron chi connectivity index (χ2n) is 9.50. The first-order valence-electron chi connectivity index (χ1n) is 11.6. The molecule has 2 aromatic carbocycles. The van der Waals surface area contributed by atoms with Crippen LogP contribution >= 0.6 is 0 Å². The van der Waals surface area contributed by atoms with Crippen LogP contribution in [0.4, 0.5) is 22.8 Å². The summed E-state index contributed by atoms with van der Waals surface area (Å²) in [6, 6.07) is 10.3. The molecule has 0 unspecified atom stereocenters. The second-order valence-corrected chi connectivity index (χ2v) is 9.50. The molecule has 1 aromatic heterocycles. The smallest absolute Gasteiger partial charge is 0.420 e. The van der Waals surface area contributed by atoms with Crippen molar-refractivity contribution in [1.29, 1.82) is 0 Å². The van der Waals surface area contributed by atoms with Gasteiger partial charge in [0.25, 0.3) is 0 Å². The lowest BCUT2D eigenvalue weighted by Gasteiger charge is -2.25. The van der Waals surface area contributed by atoms with Gasteiger partial charge in [0.1, 0.15) is 22.7 Å². The quantitative estimate of drug-likeness (QED) is 0.456. The van der Waals surface area contributed by atoms with E-state index in [4.69, 9.17) is 18.6 Å². The van der Waals surface area contributed by atoms with E-state index in [0.717, 1.165) is 6.07 Å². The van der Waals surface area contributed by atoms with E-state index in [2.05, 4.69) is 5.32 Å². The number of morpholine rings is 1. The fourth-order valence-electron chi connectivity index (χ4n) is 3.79. The Kier molecular flexibility index (Phi) is 7.35. The first-order valence-corrected chi connectivity index (χ1v) is 11.6. The van der Waals surface area contributed by atoms with E-state index in [1.54, 1.807) is 45.0 Å². The van der Waals surface area contributed by atoms with Crippen LogP contribution in [0, 0.1) is 0 Å². The van der Waals surface area contributed by atoms with Crippen LogP contribution in [-0.4, -0.2) is 49.0 Å². The number of alkyl halides is 3. The summed E-state index contributed by atoms with van der Waals surface area (Å²) in [5.74, 6) is 0.341. The molecule has 37 heavy (non-hydrogen) atoms. The molecule has 2 amide bonds. The largest absolute Gasteiger partial charge is 0.459 e. The van der Waals surface area contributed by atoms with Crippen molar-refractivity contribution in [2.75, 3.05) is 26.3 Å². The van der Waals surface area contributed by atoms with Gasteiger partial charge in [0.15, 0.2) is 0 Å². The molecular formula is C26H27F3N2O6. The molecule has 0 bridgehead atoms. The number of nitrogens with zero attached hydrogens (tertiary/aromatic N) is 1. The van der Waals surface area contributed by atoms with E-state index in [0.29, 0.717) is 31.9 Å². The summed E-state index contributed by atoms with van der Waals surface area (Å²) in [6.45, 7) is 6.57. The van der Waals surface area contributed by atoms with Crippen molar-refractivity contribution in [2.24, 2.45) is 0 Å². The molecular weight excluding hydrogens is 493 g/mol. The fraction of sp³-hybridized carbons (Fsp3) is 0.385. The summed E-state index contributed by atoms with van der Waals surface area (Å²) >= 11 is 0. The summed E-state index contributed by atoms with van der Waals surface area (Å²) in [5.41, 5.74) is -1.33. The fourth-order valence-corrected chi connectivity index (χ4v) is 3.79. The molecule has 0 radical (unpaired) electrons. The average molecular weight is 521 g/mol. The number of carbonyl (C=O) groups is 2. The van der Waals surface area contributed by atoms with Gasteiger partial charge in [-0.25, -0.2) is 9.59 Å². The minimum atomic E-state index is -4.69. The third kappa shape index (κ3) is 6.73. The highest BCUT2D eigenvalue weighted by Gasteiger charge is 2.35. The standard InChI is InChI=1S/C26H27F3N2O6/c1-25(2,3)37-23(32)30-15-20-13-18-11-17(14-21(22(18)35-20)26(27,28)29)16-5-4-6-19(12-16)36-24(33)31-7-9-34-10-8-31/h4-6,11-14H,7-10,15H2,1-3H3,(H,30,32). The highest BCUT2D eigenvalue weighted by atomic mass is 19.4. The Bertz CT molecular complexity index is 1290. The third-order valence-corrected chi connectivity index (χ3v) is 5.42. The maximum Gasteiger partial charge on any atom is 0.420 e. The maximum atomic E-state index is 13.9. The second kappa shape index (κ2) is 10.3. The van der Waals surface area contributed by atoms with E-state index in [-0.39, 0.29) is 34.6 Å². The lowest BCUT2D eigenvalue weighted by Crippen LogP contribution is -2.42. The average Bonchev–Trinajstić information content (AvgIpc) is 3.24. The number of fused-ring (bicyclic) bond motifs is 1. The highest BCUT2D eigenvalue weighted by Crippen LogP contribution is 2.40. The van der Waals surface area contributed by atoms with Gasteiger partial charge < -0.3 is 28.8 Å². The Balaban J connectivity index is 1.60. The molecule has 1 aliphatic rings. The Morgan fingerprint density at radius 2 is 1.76 bits per heavy atom. The zero-order chi connectivity index (χ0) is 26.8. The first-order chi connectivity index (χ1) is 17.4. The molecule has 1 N–H and O–H groups in total. The molecule has 198 valence electrons. The van der Waals surface area contributed by atoms with Gasteiger partial charge in [0.05, 0.1) is 25.3 Å². The van der Waals surface area contributed by atoms with Gasteiger partial charge in [-0.05, 0) is 62.2 Å². The van der Waals surface area contributed by atoms with E-state index in [1.165, 1.54) is 17.0 Å². The van der Waals surface area contributed by atoms with Crippen molar-refractivity contribution in [1.82, 2.24) is 10.2 Å². The van der Waals surface area contributed by atoms with Gasteiger partial charge >= 0.3 is 18.4 Å².